The van der Waals surface area contributed by atoms with Crippen LogP contribution in [0.3, 0.4) is 0 Å². The first-order valence-corrected chi connectivity index (χ1v) is 26.5. The smallest absolute Gasteiger partial charge is 0.310 e. The highest BCUT2D eigenvalue weighted by Crippen LogP contribution is 2.39. The Balaban J connectivity index is 0.000000181. The molecule has 0 unspecified atom stereocenters. The zero-order valence-corrected chi connectivity index (χ0v) is 45.1. The van der Waals surface area contributed by atoms with Gasteiger partial charge in [0, 0.05) is 51.4 Å². The van der Waals surface area contributed by atoms with Gasteiger partial charge in [-0.05, 0) is 99.2 Å². The van der Waals surface area contributed by atoms with E-state index in [9.17, 15) is 24.3 Å². The number of benzene rings is 6. The lowest BCUT2D eigenvalue weighted by Crippen LogP contribution is -2.50. The first kappa shape index (κ1) is 55.7. The summed E-state index contributed by atoms with van der Waals surface area (Å²) in [5, 5.41) is 14.2. The molecule has 16 nitrogen and oxygen atoms in total. The molecule has 0 bridgehead atoms. The van der Waals surface area contributed by atoms with Crippen molar-refractivity contribution in [2.75, 3.05) is 50.2 Å². The molecule has 0 radical (unpaired) electrons. The van der Waals surface area contributed by atoms with Gasteiger partial charge in [-0.25, -0.2) is 9.97 Å². The van der Waals surface area contributed by atoms with E-state index in [4.69, 9.17) is 24.9 Å². The fraction of sp³-hybridized carbons (Fsp3) is 0.323. The highest BCUT2D eigenvalue weighted by atomic mass is 16.5. The highest BCUT2D eigenvalue weighted by molar-refractivity contribution is 5.85. The minimum absolute atomic E-state index is 0.0681. The van der Waals surface area contributed by atoms with Gasteiger partial charge in [-0.2, -0.15) is 0 Å². The summed E-state index contributed by atoms with van der Waals surface area (Å²) in [6.07, 6.45) is 3.31. The van der Waals surface area contributed by atoms with Gasteiger partial charge in [-0.15, -0.1) is 0 Å². The maximum atomic E-state index is 13.7. The first-order valence-electron chi connectivity index (χ1n) is 26.5. The van der Waals surface area contributed by atoms with Crippen LogP contribution in [0.1, 0.15) is 67.3 Å². The maximum Gasteiger partial charge on any atom is 0.310 e. The number of carboxylic acid groups (broad SMARTS) is 1. The molecule has 4 heterocycles. The molecule has 6 N–H and O–H groups in total. The number of aliphatic carboxylic acids is 1. The summed E-state index contributed by atoms with van der Waals surface area (Å²) in [6.45, 7) is 9.05. The topological polar surface area (TPSA) is 218 Å². The van der Waals surface area contributed by atoms with Crippen LogP contribution in [-0.4, -0.2) is 83.4 Å². The van der Waals surface area contributed by atoms with Crippen molar-refractivity contribution in [1.82, 2.24) is 25.3 Å². The van der Waals surface area contributed by atoms with Gasteiger partial charge in [0.25, 0.3) is 11.1 Å². The number of carboxylic acids is 1. The molecule has 2 aliphatic heterocycles. The summed E-state index contributed by atoms with van der Waals surface area (Å²) < 4.78 is 16.6. The third-order valence-electron chi connectivity index (χ3n) is 14.7. The van der Waals surface area contributed by atoms with E-state index in [1.807, 2.05) is 147 Å². The van der Waals surface area contributed by atoms with E-state index in [-0.39, 0.29) is 23.1 Å². The summed E-state index contributed by atoms with van der Waals surface area (Å²) >= 11 is 0. The number of ether oxygens (including phenoxy) is 3. The lowest BCUT2D eigenvalue weighted by molar-refractivity contribution is -0.150. The van der Waals surface area contributed by atoms with Crippen LogP contribution in [0.2, 0.25) is 0 Å². The van der Waals surface area contributed by atoms with Crippen molar-refractivity contribution in [2.24, 2.45) is 16.6 Å². The highest BCUT2D eigenvalue weighted by Gasteiger charge is 2.43. The van der Waals surface area contributed by atoms with E-state index < -0.39 is 16.8 Å². The SMILES string of the molecule is COc1cc2nc(N3CCC(Cc4ccccc4)(C(=O)NCc4ccccc4)CC3)[nH]c(=O)c2cc1C.COc1cc2nc(N3CCC(Cc4ccccc4)(C(=O)O)CC3)[nH]c(=O)c2cc1OC(C)C.NCc1ccccc1. The summed E-state index contributed by atoms with van der Waals surface area (Å²) in [4.78, 5) is 70.8. The number of aromatic amines is 2. The number of carbonyl (C=O) groups excluding carboxylic acids is 1. The van der Waals surface area contributed by atoms with Crippen LogP contribution in [0.15, 0.2) is 155 Å². The summed E-state index contributed by atoms with van der Waals surface area (Å²) in [6, 6.07) is 46.8. The number of aryl methyl sites for hydroxylation is 1. The number of methoxy groups -OCH3 is 2. The fourth-order valence-electron chi connectivity index (χ4n) is 10.2. The number of rotatable bonds is 15. The number of aromatic nitrogens is 4. The zero-order chi connectivity index (χ0) is 55.2. The van der Waals surface area contributed by atoms with E-state index in [0.717, 1.165) is 22.3 Å². The van der Waals surface area contributed by atoms with Crippen LogP contribution in [0.5, 0.6) is 17.2 Å². The number of nitrogens with two attached hydrogens (primary N) is 1. The van der Waals surface area contributed by atoms with Crippen LogP contribution < -0.4 is 46.2 Å². The monoisotopic (exact) mass is 1050 g/mol. The molecule has 6 aromatic carbocycles. The molecule has 78 heavy (non-hydrogen) atoms. The van der Waals surface area contributed by atoms with E-state index in [1.165, 1.54) is 5.56 Å². The molecular formula is C62H70N8O8. The number of amides is 1. The van der Waals surface area contributed by atoms with Crippen LogP contribution >= 0.6 is 0 Å². The van der Waals surface area contributed by atoms with Gasteiger partial charge in [0.15, 0.2) is 11.5 Å². The van der Waals surface area contributed by atoms with Crippen molar-refractivity contribution < 1.29 is 28.9 Å². The molecule has 0 spiro atoms. The van der Waals surface area contributed by atoms with Gasteiger partial charge in [-0.3, -0.25) is 29.1 Å². The number of nitrogens with one attached hydrogen (secondary N) is 3. The second-order valence-electron chi connectivity index (χ2n) is 20.3. The molecule has 8 aromatic rings. The molecule has 2 aromatic heterocycles. The van der Waals surface area contributed by atoms with Gasteiger partial charge in [-0.1, -0.05) is 121 Å². The van der Waals surface area contributed by atoms with Crippen LogP contribution in [0.25, 0.3) is 21.8 Å². The molecule has 10 rings (SSSR count). The fourth-order valence-corrected chi connectivity index (χ4v) is 10.2. The number of H-pyrrole nitrogens is 2. The quantitative estimate of drug-likeness (QED) is 0.0648. The van der Waals surface area contributed by atoms with Crippen molar-refractivity contribution >= 4 is 45.6 Å². The van der Waals surface area contributed by atoms with Gasteiger partial charge in [0.1, 0.15) is 5.75 Å². The number of nitrogens with zero attached hydrogens (tertiary/aromatic N) is 4. The molecule has 2 saturated heterocycles. The summed E-state index contributed by atoms with van der Waals surface area (Å²) in [5.74, 6) is 1.95. The Morgan fingerprint density at radius 3 is 1.47 bits per heavy atom. The normalized spacial score (nSPS) is 14.6. The second kappa shape index (κ2) is 25.6. The zero-order valence-electron chi connectivity index (χ0n) is 45.1. The van der Waals surface area contributed by atoms with E-state index in [2.05, 4.69) is 37.3 Å². The first-order chi connectivity index (χ1) is 37.7. The molecule has 2 aliphatic rings. The van der Waals surface area contributed by atoms with Gasteiger partial charge in [0.05, 0.1) is 53.0 Å². The predicted molar refractivity (Wildman–Crippen MR) is 307 cm³/mol. The predicted octanol–water partition coefficient (Wildman–Crippen LogP) is 9.16. The number of hydrogen-bond acceptors (Lipinski definition) is 12. The van der Waals surface area contributed by atoms with Crippen LogP contribution in [0.4, 0.5) is 11.9 Å². The Kier molecular flexibility index (Phi) is 18.3. The van der Waals surface area contributed by atoms with Crippen LogP contribution in [0, 0.1) is 17.8 Å². The minimum Gasteiger partial charge on any atom is -0.496 e. The van der Waals surface area contributed by atoms with Crippen molar-refractivity contribution in [3.63, 3.8) is 0 Å². The molecule has 16 heteroatoms. The molecule has 0 atom stereocenters. The lowest BCUT2D eigenvalue weighted by atomic mass is 9.73. The second-order valence-corrected chi connectivity index (χ2v) is 20.3. The average Bonchev–Trinajstić information content (AvgIpc) is 3.48. The van der Waals surface area contributed by atoms with Crippen LogP contribution in [-0.2, 0) is 35.5 Å². The Hall–Kier alpha value is -8.50. The van der Waals surface area contributed by atoms with Crippen molar-refractivity contribution in [1.29, 1.82) is 0 Å². The molecular weight excluding hydrogens is 985 g/mol. The molecule has 0 aliphatic carbocycles. The maximum absolute atomic E-state index is 13.7. The Morgan fingerprint density at radius 1 is 0.615 bits per heavy atom. The number of carbonyl (C=O) groups is 2. The standard InChI is InChI=1S/C30H32N4O3.C25H29N3O5.C7H9N/c1-21-17-24-25(18-26(21)37-2)32-29(33-27(24)35)34-15-13-30(14-16-34,19-22-9-5-3-6-10-22)28(36)31-20-23-11-7-4-8-12-23;1-16(2)33-21-13-18-19(14-20(21)32-3)26-24(27-22(18)29)28-11-9-25(10-12-28,23(30)31)15-17-7-5-4-6-8-17;8-6-7-4-2-1-3-5-7/h3-12,17-18H,13-16,19-20H2,1-2H3,(H,31,36)(H,32,33,35);4-8,13-14,16H,9-12,15H2,1-3H3,(H,30,31)(H,26,27,29);1-5H,6,8H2. The third-order valence-corrected chi connectivity index (χ3v) is 14.7. The third kappa shape index (κ3) is 13.5. The Labute approximate surface area is 454 Å². The van der Waals surface area contributed by atoms with Gasteiger partial charge >= 0.3 is 5.97 Å². The Morgan fingerprint density at radius 2 is 1.04 bits per heavy atom. The minimum atomic E-state index is -0.832. The van der Waals surface area contributed by atoms with E-state index >= 15 is 0 Å². The number of fused-ring (bicyclic) bond motifs is 2. The summed E-state index contributed by atoms with van der Waals surface area (Å²) in [5.41, 5.74) is 9.94. The van der Waals surface area contributed by atoms with Gasteiger partial charge in [0.2, 0.25) is 17.8 Å². The molecule has 1 amide bonds. The van der Waals surface area contributed by atoms with E-state index in [0.29, 0.717) is 129 Å². The molecule has 406 valence electrons. The molecule has 0 saturated carbocycles. The van der Waals surface area contributed by atoms with Crippen molar-refractivity contribution in [3.05, 3.63) is 194 Å². The molecule has 2 fully saturated rings. The number of anilines is 2. The number of hydrogen-bond donors (Lipinski definition) is 5. The van der Waals surface area contributed by atoms with E-state index in [1.54, 1.807) is 26.4 Å². The summed E-state index contributed by atoms with van der Waals surface area (Å²) in [7, 11) is 3.16. The van der Waals surface area contributed by atoms with Crippen molar-refractivity contribution in [2.45, 2.75) is 78.5 Å². The van der Waals surface area contributed by atoms with Gasteiger partial charge < -0.3 is 40.2 Å². The average molecular weight is 1060 g/mol. The number of piperidine rings is 2. The van der Waals surface area contributed by atoms with Crippen molar-refractivity contribution in [3.8, 4) is 17.2 Å². The lowest BCUT2D eigenvalue weighted by Gasteiger charge is -2.41. The largest absolute Gasteiger partial charge is 0.496 e. The Bertz CT molecular complexity index is 3390.